The van der Waals surface area contributed by atoms with Gasteiger partial charge in [-0.05, 0) is 45.1 Å². The van der Waals surface area contributed by atoms with Gasteiger partial charge < -0.3 is 14.7 Å². The number of nitrogens with one attached hydrogen (secondary N) is 2. The summed E-state index contributed by atoms with van der Waals surface area (Å²) in [6.45, 7) is 4.07. The summed E-state index contributed by atoms with van der Waals surface area (Å²) in [6.07, 6.45) is 5.74. The van der Waals surface area contributed by atoms with E-state index < -0.39 is 0 Å². The van der Waals surface area contributed by atoms with Crippen LogP contribution < -0.4 is 5.32 Å². The van der Waals surface area contributed by atoms with Crippen LogP contribution in [0.25, 0.3) is 0 Å². The molecule has 0 spiro atoms. The molecule has 3 rings (SSSR count). The number of carbonyl (C=O) groups is 1. The Morgan fingerprint density at radius 1 is 1.30 bits per heavy atom. The van der Waals surface area contributed by atoms with Gasteiger partial charge in [-0.3, -0.25) is 5.10 Å². The Bertz CT molecular complexity index is 684. The second kappa shape index (κ2) is 6.44. The molecule has 0 aromatic carbocycles. The smallest absolute Gasteiger partial charge is 0.322 e. The summed E-state index contributed by atoms with van der Waals surface area (Å²) in [5.74, 6) is 0.609. The first kappa shape index (κ1) is 15.6. The van der Waals surface area contributed by atoms with Crippen molar-refractivity contribution < 1.29 is 9.32 Å². The monoisotopic (exact) mass is 317 g/mol. The maximum atomic E-state index is 12.4. The molecule has 7 heteroatoms. The van der Waals surface area contributed by atoms with E-state index in [-0.39, 0.29) is 6.03 Å². The molecule has 0 bridgehead atoms. The topological polar surface area (TPSA) is 87.1 Å². The number of nitrogens with zero attached hydrogens (tertiary/aromatic N) is 3. The van der Waals surface area contributed by atoms with Crippen LogP contribution in [0.5, 0.6) is 0 Å². The van der Waals surface area contributed by atoms with E-state index in [1.165, 1.54) is 30.5 Å². The molecule has 2 heterocycles. The molecule has 2 aromatic heterocycles. The van der Waals surface area contributed by atoms with Crippen LogP contribution in [0.4, 0.5) is 10.5 Å². The lowest BCUT2D eigenvalue weighted by Crippen LogP contribution is -2.31. The van der Waals surface area contributed by atoms with Gasteiger partial charge in [0, 0.05) is 12.7 Å². The lowest BCUT2D eigenvalue weighted by atomic mass is 10.1. The Morgan fingerprint density at radius 3 is 2.83 bits per heavy atom. The second-order valence-corrected chi connectivity index (χ2v) is 6.17. The highest BCUT2D eigenvalue weighted by Crippen LogP contribution is 2.23. The summed E-state index contributed by atoms with van der Waals surface area (Å²) >= 11 is 0. The van der Waals surface area contributed by atoms with Gasteiger partial charge in [0.2, 0.25) is 0 Å². The average Bonchev–Trinajstić information content (AvgIpc) is 2.95. The summed E-state index contributed by atoms with van der Waals surface area (Å²) in [4.78, 5) is 14.0. The van der Waals surface area contributed by atoms with E-state index in [1.807, 2.05) is 0 Å². The number of hydrogen-bond acceptors (Lipinski definition) is 4. The van der Waals surface area contributed by atoms with Crippen LogP contribution in [0, 0.1) is 13.8 Å². The van der Waals surface area contributed by atoms with Crippen LogP contribution in [0.3, 0.4) is 0 Å². The predicted molar refractivity (Wildman–Crippen MR) is 86.3 cm³/mol. The maximum absolute atomic E-state index is 12.4. The normalized spacial score (nSPS) is 14.2. The van der Waals surface area contributed by atoms with Gasteiger partial charge in [0.15, 0.2) is 5.76 Å². The Hall–Kier alpha value is -2.31. The van der Waals surface area contributed by atoms with Crippen molar-refractivity contribution in [2.75, 3.05) is 12.4 Å². The van der Waals surface area contributed by atoms with Crippen molar-refractivity contribution >= 4 is 11.7 Å². The van der Waals surface area contributed by atoms with Gasteiger partial charge in [-0.25, -0.2) is 4.79 Å². The van der Waals surface area contributed by atoms with Crippen molar-refractivity contribution in [3.05, 3.63) is 28.4 Å². The van der Waals surface area contributed by atoms with Gasteiger partial charge in [0.05, 0.1) is 12.2 Å². The molecule has 0 fully saturated rings. The van der Waals surface area contributed by atoms with Crippen LogP contribution in [0.1, 0.15) is 47.7 Å². The minimum atomic E-state index is -0.190. The van der Waals surface area contributed by atoms with E-state index in [0.29, 0.717) is 23.7 Å². The number of aromatic nitrogens is 3. The first-order valence-corrected chi connectivity index (χ1v) is 8.06. The van der Waals surface area contributed by atoms with E-state index in [1.54, 1.807) is 25.8 Å². The zero-order valence-electron chi connectivity index (χ0n) is 13.9. The number of aryl methyl sites for hydroxylation is 3. The van der Waals surface area contributed by atoms with Crippen molar-refractivity contribution in [3.8, 4) is 0 Å². The van der Waals surface area contributed by atoms with Crippen LogP contribution in [0.2, 0.25) is 0 Å². The van der Waals surface area contributed by atoms with Crippen molar-refractivity contribution in [3.63, 3.8) is 0 Å². The summed E-state index contributed by atoms with van der Waals surface area (Å²) in [7, 11) is 1.77. The molecule has 7 nitrogen and oxygen atoms in total. The fraction of sp³-hybridized carbons (Fsp3) is 0.562. The third-order valence-corrected chi connectivity index (χ3v) is 4.39. The predicted octanol–water partition coefficient (Wildman–Crippen LogP) is 2.95. The zero-order valence-corrected chi connectivity index (χ0v) is 13.9. The largest absolute Gasteiger partial charge is 0.359 e. The van der Waals surface area contributed by atoms with Crippen molar-refractivity contribution in [2.45, 2.75) is 52.5 Å². The Balaban J connectivity index is 1.68. The highest BCUT2D eigenvalue weighted by molar-refractivity contribution is 5.90. The standard InChI is InChI=1S/C16H23N5O2/c1-10-15(11(2)23-20-10)17-16(22)21(3)9-14-12-7-5-4-6-8-13(12)18-19-14/h4-9H2,1-3H3,(H,17,22)(H,18,19). The summed E-state index contributed by atoms with van der Waals surface area (Å²) in [6, 6.07) is -0.190. The molecule has 23 heavy (non-hydrogen) atoms. The highest BCUT2D eigenvalue weighted by atomic mass is 16.5. The zero-order chi connectivity index (χ0) is 16.4. The third kappa shape index (κ3) is 3.23. The molecule has 124 valence electrons. The molecule has 0 radical (unpaired) electrons. The molecule has 0 atom stereocenters. The van der Waals surface area contributed by atoms with Crippen molar-refractivity contribution in [2.24, 2.45) is 0 Å². The van der Waals surface area contributed by atoms with Gasteiger partial charge in [-0.2, -0.15) is 5.10 Å². The summed E-state index contributed by atoms with van der Waals surface area (Å²) < 4.78 is 5.07. The molecule has 2 N–H and O–H groups in total. The molecule has 1 aliphatic rings. The van der Waals surface area contributed by atoms with Gasteiger partial charge in [0.25, 0.3) is 0 Å². The van der Waals surface area contributed by atoms with Crippen molar-refractivity contribution in [1.29, 1.82) is 0 Å². The average molecular weight is 317 g/mol. The highest BCUT2D eigenvalue weighted by Gasteiger charge is 2.20. The van der Waals surface area contributed by atoms with Crippen LogP contribution in [0.15, 0.2) is 4.52 Å². The van der Waals surface area contributed by atoms with E-state index >= 15 is 0 Å². The molecular formula is C16H23N5O2. The minimum absolute atomic E-state index is 0.190. The second-order valence-electron chi connectivity index (χ2n) is 6.17. The molecule has 1 aliphatic carbocycles. The number of H-pyrrole nitrogens is 1. The van der Waals surface area contributed by atoms with Gasteiger partial charge in [-0.1, -0.05) is 11.6 Å². The van der Waals surface area contributed by atoms with E-state index in [9.17, 15) is 4.79 Å². The molecule has 0 saturated carbocycles. The number of fused-ring (bicyclic) bond motifs is 1. The molecule has 0 saturated heterocycles. The number of urea groups is 1. The van der Waals surface area contributed by atoms with Crippen LogP contribution in [-0.2, 0) is 19.4 Å². The quantitative estimate of drug-likeness (QED) is 0.852. The summed E-state index contributed by atoms with van der Waals surface area (Å²) in [5, 5.41) is 14.3. The Kier molecular flexibility index (Phi) is 4.36. The minimum Gasteiger partial charge on any atom is -0.359 e. The number of rotatable bonds is 3. The first-order valence-electron chi connectivity index (χ1n) is 8.06. The lowest BCUT2D eigenvalue weighted by Gasteiger charge is -2.17. The fourth-order valence-electron chi connectivity index (χ4n) is 3.02. The lowest BCUT2D eigenvalue weighted by molar-refractivity contribution is 0.220. The number of carbonyl (C=O) groups excluding carboxylic acids is 1. The number of aromatic amines is 1. The summed E-state index contributed by atoms with van der Waals surface area (Å²) in [5.41, 5.74) is 4.82. The molecule has 2 aromatic rings. The van der Waals surface area contributed by atoms with Gasteiger partial charge in [0.1, 0.15) is 11.4 Å². The van der Waals surface area contributed by atoms with Gasteiger partial charge in [-0.15, -0.1) is 0 Å². The molecular weight excluding hydrogens is 294 g/mol. The fourth-order valence-corrected chi connectivity index (χ4v) is 3.02. The van der Waals surface area contributed by atoms with E-state index in [2.05, 4.69) is 20.7 Å². The third-order valence-electron chi connectivity index (χ3n) is 4.39. The Labute approximate surface area is 135 Å². The van der Waals surface area contributed by atoms with Gasteiger partial charge >= 0.3 is 6.03 Å². The molecule has 2 amide bonds. The van der Waals surface area contributed by atoms with Crippen LogP contribution >= 0.6 is 0 Å². The number of hydrogen-bond donors (Lipinski definition) is 2. The SMILES string of the molecule is Cc1noc(C)c1NC(=O)N(C)Cc1n[nH]c2c1CCCCC2. The number of amides is 2. The van der Waals surface area contributed by atoms with Crippen LogP contribution in [-0.4, -0.2) is 33.3 Å². The first-order chi connectivity index (χ1) is 11.1. The number of anilines is 1. The van der Waals surface area contributed by atoms with Crippen molar-refractivity contribution in [1.82, 2.24) is 20.3 Å². The molecule has 0 unspecified atom stereocenters. The van der Waals surface area contributed by atoms with E-state index in [0.717, 1.165) is 18.5 Å². The Morgan fingerprint density at radius 2 is 2.09 bits per heavy atom. The molecule has 0 aliphatic heterocycles. The van der Waals surface area contributed by atoms with E-state index in [4.69, 9.17) is 4.52 Å². The maximum Gasteiger partial charge on any atom is 0.322 e.